The molecule has 0 aromatic heterocycles. The maximum atomic E-state index is 12.9. The summed E-state index contributed by atoms with van der Waals surface area (Å²) in [5.41, 5.74) is 1.89. The Hall–Kier alpha value is -4.05. The highest BCUT2D eigenvalue weighted by molar-refractivity contribution is 5.85. The smallest absolute Gasteiger partial charge is 0.410 e. The second kappa shape index (κ2) is 11.6. The zero-order valence-electron chi connectivity index (χ0n) is 22.4. The fraction of sp³-hybridized carbons (Fsp3) is 0.387. The molecular formula is C31H34N2O5. The standard InChI is InChI=1S/C31H34N2O5/c1-5-36-29(34)28(18-21-6-8-23-9-7-22(19-32)17-25(23)16-21)24-10-12-26(13-11-24)37-27-14-15-33(20-27)30(35)38-31(2,3)4/h6-13,16-17,27-28H,5,14-15,18,20H2,1-4H3/t27-,28-/m0/s1. The average Bonchev–Trinajstić information content (AvgIpc) is 3.35. The molecule has 1 amide bonds. The Bertz CT molecular complexity index is 1340. The topological polar surface area (TPSA) is 88.9 Å². The molecule has 1 aliphatic heterocycles. The molecule has 1 heterocycles. The number of carbonyl (C=O) groups is 2. The third kappa shape index (κ3) is 6.83. The molecule has 0 aliphatic carbocycles. The van der Waals surface area contributed by atoms with Crippen molar-refractivity contribution in [1.29, 1.82) is 5.26 Å². The Morgan fingerprint density at radius 2 is 1.79 bits per heavy atom. The zero-order valence-corrected chi connectivity index (χ0v) is 22.4. The second-order valence-electron chi connectivity index (χ2n) is 10.5. The summed E-state index contributed by atoms with van der Waals surface area (Å²) >= 11 is 0. The van der Waals surface area contributed by atoms with Crippen LogP contribution in [0.3, 0.4) is 0 Å². The number of hydrogen-bond donors (Lipinski definition) is 0. The van der Waals surface area contributed by atoms with E-state index in [1.165, 1.54) is 0 Å². The quantitative estimate of drug-likeness (QED) is 0.360. The Morgan fingerprint density at radius 1 is 1.05 bits per heavy atom. The summed E-state index contributed by atoms with van der Waals surface area (Å²) in [5, 5.41) is 11.2. The van der Waals surface area contributed by atoms with Crippen molar-refractivity contribution >= 4 is 22.8 Å². The Labute approximate surface area is 223 Å². The number of fused-ring (bicyclic) bond motifs is 1. The highest BCUT2D eigenvalue weighted by atomic mass is 16.6. The Kier molecular flexibility index (Phi) is 8.21. The van der Waals surface area contributed by atoms with Gasteiger partial charge in [-0.15, -0.1) is 0 Å². The van der Waals surface area contributed by atoms with Crippen molar-refractivity contribution in [2.45, 2.75) is 58.2 Å². The number of esters is 1. The third-order valence-corrected chi connectivity index (χ3v) is 6.43. The van der Waals surface area contributed by atoms with Crippen molar-refractivity contribution in [3.63, 3.8) is 0 Å². The van der Waals surface area contributed by atoms with Gasteiger partial charge in [0.1, 0.15) is 17.5 Å². The monoisotopic (exact) mass is 514 g/mol. The first kappa shape index (κ1) is 27.0. The lowest BCUT2D eigenvalue weighted by molar-refractivity contribution is -0.144. The van der Waals surface area contributed by atoms with Crippen molar-refractivity contribution in [2.24, 2.45) is 0 Å². The first-order valence-electron chi connectivity index (χ1n) is 13.0. The number of benzene rings is 3. The van der Waals surface area contributed by atoms with Gasteiger partial charge in [-0.25, -0.2) is 4.79 Å². The molecule has 7 nitrogen and oxygen atoms in total. The van der Waals surface area contributed by atoms with E-state index in [4.69, 9.17) is 14.2 Å². The molecule has 38 heavy (non-hydrogen) atoms. The minimum Gasteiger partial charge on any atom is -0.489 e. The molecule has 1 fully saturated rings. The highest BCUT2D eigenvalue weighted by Gasteiger charge is 2.31. The molecule has 4 rings (SSSR count). The molecule has 1 aliphatic rings. The number of amides is 1. The van der Waals surface area contributed by atoms with E-state index in [-0.39, 0.29) is 18.2 Å². The van der Waals surface area contributed by atoms with Crippen molar-refractivity contribution in [1.82, 2.24) is 4.90 Å². The lowest BCUT2D eigenvalue weighted by atomic mass is 9.91. The van der Waals surface area contributed by atoms with Crippen molar-refractivity contribution < 1.29 is 23.8 Å². The number of likely N-dealkylation sites (tertiary alicyclic amines) is 1. The summed E-state index contributed by atoms with van der Waals surface area (Å²) in [7, 11) is 0. The summed E-state index contributed by atoms with van der Waals surface area (Å²) in [6.07, 6.45) is 0.750. The van der Waals surface area contributed by atoms with E-state index >= 15 is 0 Å². The molecule has 0 saturated carbocycles. The molecule has 1 saturated heterocycles. The molecule has 3 aromatic carbocycles. The van der Waals surface area contributed by atoms with Gasteiger partial charge in [0.2, 0.25) is 0 Å². The van der Waals surface area contributed by atoms with Crippen LogP contribution in [0, 0.1) is 11.3 Å². The Balaban J connectivity index is 1.45. The van der Waals surface area contributed by atoms with E-state index in [0.717, 1.165) is 28.3 Å². The molecule has 2 atom stereocenters. The lowest BCUT2D eigenvalue weighted by Gasteiger charge is -2.24. The van der Waals surface area contributed by atoms with Crippen LogP contribution in [-0.2, 0) is 20.7 Å². The van der Waals surface area contributed by atoms with Crippen LogP contribution in [0.2, 0.25) is 0 Å². The van der Waals surface area contributed by atoms with Crippen LogP contribution in [0.15, 0.2) is 60.7 Å². The van der Waals surface area contributed by atoms with Crippen LogP contribution < -0.4 is 4.74 Å². The lowest BCUT2D eigenvalue weighted by Crippen LogP contribution is -2.36. The van der Waals surface area contributed by atoms with Crippen LogP contribution in [0.5, 0.6) is 5.75 Å². The average molecular weight is 515 g/mol. The van der Waals surface area contributed by atoms with Gasteiger partial charge in [0, 0.05) is 13.0 Å². The summed E-state index contributed by atoms with van der Waals surface area (Å²) in [6, 6.07) is 21.3. The van der Waals surface area contributed by atoms with Gasteiger partial charge in [0.05, 0.1) is 30.7 Å². The minimum atomic E-state index is -0.534. The van der Waals surface area contributed by atoms with Gasteiger partial charge in [-0.3, -0.25) is 4.79 Å². The fourth-order valence-corrected chi connectivity index (χ4v) is 4.60. The molecule has 0 N–H and O–H groups in total. The van der Waals surface area contributed by atoms with Gasteiger partial charge in [0.25, 0.3) is 0 Å². The van der Waals surface area contributed by atoms with Crippen molar-refractivity contribution in [2.75, 3.05) is 19.7 Å². The van der Waals surface area contributed by atoms with Gasteiger partial charge in [-0.1, -0.05) is 36.4 Å². The number of nitriles is 1. The van der Waals surface area contributed by atoms with Crippen LogP contribution in [0.1, 0.15) is 56.7 Å². The van der Waals surface area contributed by atoms with E-state index < -0.39 is 11.5 Å². The number of nitrogens with zero attached hydrogens (tertiary/aromatic N) is 2. The molecular weight excluding hydrogens is 480 g/mol. The molecule has 198 valence electrons. The third-order valence-electron chi connectivity index (χ3n) is 6.43. The second-order valence-corrected chi connectivity index (χ2v) is 10.5. The van der Waals surface area contributed by atoms with Crippen molar-refractivity contribution in [3.8, 4) is 11.8 Å². The van der Waals surface area contributed by atoms with E-state index in [1.807, 2.05) is 75.4 Å². The van der Waals surface area contributed by atoms with Gasteiger partial charge in [-0.2, -0.15) is 5.26 Å². The first-order chi connectivity index (χ1) is 18.1. The van der Waals surface area contributed by atoms with Gasteiger partial charge in [0.15, 0.2) is 0 Å². The predicted molar refractivity (Wildman–Crippen MR) is 145 cm³/mol. The summed E-state index contributed by atoms with van der Waals surface area (Å²) in [4.78, 5) is 26.9. The van der Waals surface area contributed by atoms with E-state index in [0.29, 0.717) is 37.4 Å². The molecule has 3 aromatic rings. The van der Waals surface area contributed by atoms with Crippen LogP contribution >= 0.6 is 0 Å². The predicted octanol–water partition coefficient (Wildman–Crippen LogP) is 5.99. The van der Waals surface area contributed by atoms with Crippen LogP contribution in [0.4, 0.5) is 4.79 Å². The van der Waals surface area contributed by atoms with Crippen LogP contribution in [0.25, 0.3) is 10.8 Å². The maximum Gasteiger partial charge on any atom is 0.410 e. The molecule has 0 radical (unpaired) electrons. The summed E-state index contributed by atoms with van der Waals surface area (Å²) in [6.45, 7) is 8.71. The maximum absolute atomic E-state index is 12.9. The van der Waals surface area contributed by atoms with Gasteiger partial charge in [-0.05, 0) is 80.3 Å². The summed E-state index contributed by atoms with van der Waals surface area (Å²) in [5.74, 6) is -0.0762. The number of hydrogen-bond acceptors (Lipinski definition) is 6. The van der Waals surface area contributed by atoms with Crippen molar-refractivity contribution in [3.05, 3.63) is 77.4 Å². The number of ether oxygens (including phenoxy) is 3. The van der Waals surface area contributed by atoms with E-state index in [2.05, 4.69) is 6.07 Å². The largest absolute Gasteiger partial charge is 0.489 e. The molecule has 0 unspecified atom stereocenters. The number of rotatable bonds is 7. The van der Waals surface area contributed by atoms with E-state index in [1.54, 1.807) is 17.9 Å². The first-order valence-corrected chi connectivity index (χ1v) is 13.0. The number of carbonyl (C=O) groups excluding carboxylic acids is 2. The molecule has 0 bridgehead atoms. The minimum absolute atomic E-state index is 0.120. The fourth-order valence-electron chi connectivity index (χ4n) is 4.60. The SMILES string of the molecule is CCOC(=O)[C@@H](Cc1ccc2ccc(C#N)cc2c1)c1ccc(O[C@H]2CCN(C(=O)OC(C)(C)C)C2)cc1. The van der Waals surface area contributed by atoms with Gasteiger partial charge < -0.3 is 19.1 Å². The highest BCUT2D eigenvalue weighted by Crippen LogP contribution is 2.28. The summed E-state index contributed by atoms with van der Waals surface area (Å²) < 4.78 is 17.0. The normalized spacial score (nSPS) is 16.1. The molecule has 0 spiro atoms. The van der Waals surface area contributed by atoms with Gasteiger partial charge >= 0.3 is 12.1 Å². The van der Waals surface area contributed by atoms with E-state index in [9.17, 15) is 14.9 Å². The molecule has 7 heteroatoms. The zero-order chi connectivity index (χ0) is 27.3. The van der Waals surface area contributed by atoms with Crippen LogP contribution in [-0.4, -0.2) is 48.4 Å². The Morgan fingerprint density at radius 3 is 2.47 bits per heavy atom.